The smallest absolute Gasteiger partial charge is 0.180 e. The van der Waals surface area contributed by atoms with E-state index in [2.05, 4.69) is 54.8 Å². The van der Waals surface area contributed by atoms with Crippen LogP contribution in [0.25, 0.3) is 11.5 Å². The summed E-state index contributed by atoms with van der Waals surface area (Å²) in [5.41, 5.74) is 1.70. The number of aromatic nitrogens is 4. The lowest BCUT2D eigenvalue weighted by Crippen LogP contribution is -2.08. The highest BCUT2D eigenvalue weighted by molar-refractivity contribution is 14.1. The summed E-state index contributed by atoms with van der Waals surface area (Å²) in [5, 5.41) is 3.31. The molecule has 0 saturated heterocycles. The Morgan fingerprint density at radius 3 is 2.83 bits per heavy atom. The lowest BCUT2D eigenvalue weighted by atomic mass is 10.3. The average Bonchev–Trinajstić information content (AvgIpc) is 2.41. The third-order valence-electron chi connectivity index (χ3n) is 2.37. The zero-order valence-electron chi connectivity index (χ0n) is 10.3. The number of anilines is 1. The summed E-state index contributed by atoms with van der Waals surface area (Å²) in [5.74, 6) is 1.51. The lowest BCUT2D eigenvalue weighted by Gasteiger charge is -2.10. The fourth-order valence-electron chi connectivity index (χ4n) is 1.46. The molecule has 0 amide bonds. The van der Waals surface area contributed by atoms with Crippen molar-refractivity contribution in [1.29, 1.82) is 0 Å². The minimum absolute atomic E-state index is 0.633. The van der Waals surface area contributed by atoms with Crippen molar-refractivity contribution in [2.24, 2.45) is 0 Å². The standard InChI is InChI=1S/C12H14IN5/c1-3-5-15-12-10(13)8(2)17-11(18-12)9-4-6-14-7-16-9/h4,6-7H,3,5H2,1-2H3,(H,15,17,18). The van der Waals surface area contributed by atoms with Gasteiger partial charge in [-0.3, -0.25) is 0 Å². The molecule has 2 heterocycles. The van der Waals surface area contributed by atoms with Gasteiger partial charge >= 0.3 is 0 Å². The zero-order chi connectivity index (χ0) is 13.0. The predicted octanol–water partition coefficient (Wildman–Crippen LogP) is 2.67. The third kappa shape index (κ3) is 2.92. The van der Waals surface area contributed by atoms with E-state index in [1.807, 2.05) is 13.0 Å². The van der Waals surface area contributed by atoms with E-state index in [4.69, 9.17) is 0 Å². The second-order valence-electron chi connectivity index (χ2n) is 3.82. The molecule has 0 aliphatic rings. The molecule has 2 aromatic rings. The molecule has 0 bridgehead atoms. The summed E-state index contributed by atoms with van der Waals surface area (Å²) in [6.45, 7) is 5.00. The number of hydrogen-bond acceptors (Lipinski definition) is 5. The number of nitrogens with zero attached hydrogens (tertiary/aromatic N) is 4. The fraction of sp³-hybridized carbons (Fsp3) is 0.333. The molecule has 18 heavy (non-hydrogen) atoms. The second kappa shape index (κ2) is 6.03. The maximum absolute atomic E-state index is 4.52. The van der Waals surface area contributed by atoms with Gasteiger partial charge in [0, 0.05) is 12.7 Å². The molecule has 2 rings (SSSR count). The highest BCUT2D eigenvalue weighted by Gasteiger charge is 2.10. The number of rotatable bonds is 4. The van der Waals surface area contributed by atoms with E-state index >= 15 is 0 Å². The Balaban J connectivity index is 2.41. The molecule has 6 heteroatoms. The van der Waals surface area contributed by atoms with E-state index in [1.54, 1.807) is 6.20 Å². The number of nitrogens with one attached hydrogen (secondary N) is 1. The predicted molar refractivity (Wildman–Crippen MR) is 79.3 cm³/mol. The van der Waals surface area contributed by atoms with Crippen LogP contribution in [0, 0.1) is 10.5 Å². The third-order valence-corrected chi connectivity index (χ3v) is 3.66. The molecule has 94 valence electrons. The molecular weight excluding hydrogens is 341 g/mol. The minimum atomic E-state index is 0.633. The van der Waals surface area contributed by atoms with E-state index in [9.17, 15) is 0 Å². The highest BCUT2D eigenvalue weighted by Crippen LogP contribution is 2.22. The van der Waals surface area contributed by atoms with Crippen LogP contribution in [0.15, 0.2) is 18.6 Å². The van der Waals surface area contributed by atoms with Gasteiger partial charge in [-0.15, -0.1) is 0 Å². The summed E-state index contributed by atoms with van der Waals surface area (Å²) in [7, 11) is 0. The van der Waals surface area contributed by atoms with Crippen LogP contribution in [-0.2, 0) is 0 Å². The Morgan fingerprint density at radius 2 is 2.17 bits per heavy atom. The van der Waals surface area contributed by atoms with E-state index in [0.29, 0.717) is 5.82 Å². The number of halogens is 1. The Kier molecular flexibility index (Phi) is 4.40. The first-order valence-electron chi connectivity index (χ1n) is 5.76. The molecule has 5 nitrogen and oxygen atoms in total. The molecule has 0 saturated carbocycles. The summed E-state index contributed by atoms with van der Waals surface area (Å²) in [4.78, 5) is 17.1. The van der Waals surface area contributed by atoms with Crippen LogP contribution in [-0.4, -0.2) is 26.5 Å². The minimum Gasteiger partial charge on any atom is -0.369 e. The van der Waals surface area contributed by atoms with E-state index in [1.165, 1.54) is 6.33 Å². The summed E-state index contributed by atoms with van der Waals surface area (Å²) in [6.07, 6.45) is 4.26. The van der Waals surface area contributed by atoms with Crippen LogP contribution < -0.4 is 5.32 Å². The Labute approximate surface area is 120 Å². The number of aryl methyl sites for hydroxylation is 1. The van der Waals surface area contributed by atoms with Crippen molar-refractivity contribution in [3.8, 4) is 11.5 Å². The van der Waals surface area contributed by atoms with Crippen molar-refractivity contribution in [3.05, 3.63) is 27.9 Å². The van der Waals surface area contributed by atoms with Crippen molar-refractivity contribution in [2.75, 3.05) is 11.9 Å². The van der Waals surface area contributed by atoms with Crippen molar-refractivity contribution in [2.45, 2.75) is 20.3 Å². The van der Waals surface area contributed by atoms with Crippen molar-refractivity contribution >= 4 is 28.4 Å². The topological polar surface area (TPSA) is 63.6 Å². The largest absolute Gasteiger partial charge is 0.369 e. The van der Waals surface area contributed by atoms with Crippen molar-refractivity contribution in [3.63, 3.8) is 0 Å². The monoisotopic (exact) mass is 355 g/mol. The molecule has 0 unspecified atom stereocenters. The van der Waals surface area contributed by atoms with Crippen molar-refractivity contribution < 1.29 is 0 Å². The molecule has 0 spiro atoms. The van der Waals surface area contributed by atoms with Crippen LogP contribution >= 0.6 is 22.6 Å². The lowest BCUT2D eigenvalue weighted by molar-refractivity contribution is 0.956. The van der Waals surface area contributed by atoms with E-state index in [0.717, 1.165) is 33.7 Å². The molecule has 0 aromatic carbocycles. The number of hydrogen-bond donors (Lipinski definition) is 1. The van der Waals surface area contributed by atoms with Gasteiger partial charge in [0.15, 0.2) is 5.82 Å². The SMILES string of the molecule is CCCNc1nc(-c2ccncn2)nc(C)c1I. The van der Waals surface area contributed by atoms with Gasteiger partial charge < -0.3 is 5.32 Å². The average molecular weight is 355 g/mol. The second-order valence-corrected chi connectivity index (χ2v) is 4.90. The first kappa shape index (κ1) is 13.1. The maximum Gasteiger partial charge on any atom is 0.180 e. The molecule has 0 fully saturated rings. The van der Waals surface area contributed by atoms with Crippen LogP contribution in [0.4, 0.5) is 5.82 Å². The summed E-state index contributed by atoms with van der Waals surface area (Å²) < 4.78 is 1.05. The maximum atomic E-state index is 4.52. The molecule has 0 atom stereocenters. The van der Waals surface area contributed by atoms with Gasteiger partial charge in [0.1, 0.15) is 17.8 Å². The Bertz CT molecular complexity index is 529. The first-order chi connectivity index (χ1) is 8.72. The highest BCUT2D eigenvalue weighted by atomic mass is 127. The van der Waals surface area contributed by atoms with Gasteiger partial charge in [-0.1, -0.05) is 6.92 Å². The molecule has 0 radical (unpaired) electrons. The van der Waals surface area contributed by atoms with Gasteiger partial charge in [0.05, 0.1) is 9.26 Å². The van der Waals surface area contributed by atoms with Gasteiger partial charge in [0.2, 0.25) is 0 Å². The molecule has 1 N–H and O–H groups in total. The molecular formula is C12H14IN5. The van der Waals surface area contributed by atoms with Crippen LogP contribution in [0.1, 0.15) is 19.0 Å². The summed E-state index contributed by atoms with van der Waals surface area (Å²) in [6, 6.07) is 1.81. The van der Waals surface area contributed by atoms with Crippen LogP contribution in [0.2, 0.25) is 0 Å². The fourth-order valence-corrected chi connectivity index (χ4v) is 1.89. The van der Waals surface area contributed by atoms with Gasteiger partial charge in [0.25, 0.3) is 0 Å². The van der Waals surface area contributed by atoms with Crippen LogP contribution in [0.3, 0.4) is 0 Å². The first-order valence-corrected chi connectivity index (χ1v) is 6.84. The zero-order valence-corrected chi connectivity index (χ0v) is 12.5. The molecule has 2 aromatic heterocycles. The van der Waals surface area contributed by atoms with Gasteiger partial charge in [-0.05, 0) is 42.0 Å². The Morgan fingerprint density at radius 1 is 1.33 bits per heavy atom. The quantitative estimate of drug-likeness (QED) is 0.855. The van der Waals surface area contributed by atoms with E-state index in [-0.39, 0.29) is 0 Å². The Hall–Kier alpha value is -1.31. The normalized spacial score (nSPS) is 10.4. The van der Waals surface area contributed by atoms with Crippen molar-refractivity contribution in [1.82, 2.24) is 19.9 Å². The van der Waals surface area contributed by atoms with Gasteiger partial charge in [-0.2, -0.15) is 0 Å². The van der Waals surface area contributed by atoms with E-state index < -0.39 is 0 Å². The molecule has 0 aliphatic heterocycles. The van der Waals surface area contributed by atoms with Crippen LogP contribution in [0.5, 0.6) is 0 Å². The summed E-state index contributed by atoms with van der Waals surface area (Å²) >= 11 is 2.26. The van der Waals surface area contributed by atoms with Gasteiger partial charge in [-0.25, -0.2) is 19.9 Å². The molecule has 0 aliphatic carbocycles.